The summed E-state index contributed by atoms with van der Waals surface area (Å²) in [6, 6.07) is 12.4. The monoisotopic (exact) mass is 296 g/mol. The van der Waals surface area contributed by atoms with Gasteiger partial charge in [-0.1, -0.05) is 45.0 Å². The van der Waals surface area contributed by atoms with Crippen LogP contribution in [-0.2, 0) is 11.8 Å². The van der Waals surface area contributed by atoms with Crippen LogP contribution in [0.1, 0.15) is 43.5 Å². The summed E-state index contributed by atoms with van der Waals surface area (Å²) in [5, 5.41) is 0. The van der Waals surface area contributed by atoms with Gasteiger partial charge in [0.25, 0.3) is 0 Å². The van der Waals surface area contributed by atoms with Crippen LogP contribution in [0.25, 0.3) is 0 Å². The molecule has 4 heteroatoms. The molecule has 22 heavy (non-hydrogen) atoms. The molecule has 2 aromatic rings. The van der Waals surface area contributed by atoms with Crippen LogP contribution in [0.2, 0.25) is 0 Å². The summed E-state index contributed by atoms with van der Waals surface area (Å²) >= 11 is 0. The molecule has 0 fully saturated rings. The number of nitrogens with zero attached hydrogens (tertiary/aromatic N) is 2. The highest BCUT2D eigenvalue weighted by molar-refractivity contribution is 5.76. The molecule has 0 radical (unpaired) electrons. The molecule has 1 aromatic heterocycles. The van der Waals surface area contributed by atoms with Gasteiger partial charge in [0.1, 0.15) is 0 Å². The molecule has 0 saturated carbocycles. The maximum absolute atomic E-state index is 5.60. The Morgan fingerprint density at radius 2 is 1.64 bits per heavy atom. The van der Waals surface area contributed by atoms with E-state index in [9.17, 15) is 0 Å². The van der Waals surface area contributed by atoms with Gasteiger partial charge in [0, 0.05) is 12.4 Å². The highest BCUT2D eigenvalue weighted by Gasteiger charge is 2.16. The van der Waals surface area contributed by atoms with E-state index in [1.807, 2.05) is 12.1 Å². The third-order valence-corrected chi connectivity index (χ3v) is 3.64. The van der Waals surface area contributed by atoms with Gasteiger partial charge in [0.2, 0.25) is 0 Å². The third-order valence-electron chi connectivity index (χ3n) is 3.64. The van der Waals surface area contributed by atoms with Gasteiger partial charge < -0.3 is 11.5 Å². The van der Waals surface area contributed by atoms with Crippen LogP contribution in [0.3, 0.4) is 0 Å². The summed E-state index contributed by atoms with van der Waals surface area (Å²) in [6.07, 6.45) is 4.31. The van der Waals surface area contributed by atoms with Crippen molar-refractivity contribution < 1.29 is 0 Å². The topological polar surface area (TPSA) is 77.3 Å². The summed E-state index contributed by atoms with van der Waals surface area (Å²) in [5.74, 6) is 0.110. The van der Waals surface area contributed by atoms with Gasteiger partial charge in [0.15, 0.2) is 5.96 Å². The van der Waals surface area contributed by atoms with Gasteiger partial charge in [-0.05, 0) is 40.7 Å². The SMILES string of the molecule is CC(C)(C)c1ccc(C(Cc2ccncc2)N=C(N)N)cc1. The molecule has 0 spiro atoms. The van der Waals surface area contributed by atoms with Gasteiger partial charge in [-0.15, -0.1) is 0 Å². The number of rotatable bonds is 4. The molecule has 0 aliphatic heterocycles. The number of pyridine rings is 1. The van der Waals surface area contributed by atoms with E-state index in [-0.39, 0.29) is 17.4 Å². The van der Waals surface area contributed by atoms with E-state index in [4.69, 9.17) is 11.5 Å². The molecule has 1 heterocycles. The summed E-state index contributed by atoms with van der Waals surface area (Å²) in [5.41, 5.74) is 14.9. The maximum Gasteiger partial charge on any atom is 0.186 e. The molecule has 0 aliphatic rings. The molecule has 1 unspecified atom stereocenters. The zero-order valence-electron chi connectivity index (χ0n) is 13.5. The Labute approximate surface area is 132 Å². The number of hydrogen-bond acceptors (Lipinski definition) is 2. The highest BCUT2D eigenvalue weighted by atomic mass is 15.0. The quantitative estimate of drug-likeness (QED) is 0.672. The Hall–Kier alpha value is -2.36. The molecule has 4 nitrogen and oxygen atoms in total. The summed E-state index contributed by atoms with van der Waals surface area (Å²) in [7, 11) is 0. The lowest BCUT2D eigenvalue weighted by molar-refractivity contribution is 0.589. The zero-order chi connectivity index (χ0) is 16.2. The molecule has 0 aliphatic carbocycles. The Kier molecular flexibility index (Phi) is 4.81. The number of hydrogen-bond donors (Lipinski definition) is 2. The summed E-state index contributed by atoms with van der Waals surface area (Å²) in [6.45, 7) is 6.60. The molecular formula is C18H24N4. The Morgan fingerprint density at radius 1 is 1.05 bits per heavy atom. The van der Waals surface area contributed by atoms with Gasteiger partial charge in [0.05, 0.1) is 6.04 Å². The number of guanidine groups is 1. The van der Waals surface area contributed by atoms with E-state index < -0.39 is 0 Å². The van der Waals surface area contributed by atoms with Gasteiger partial charge in [-0.3, -0.25) is 4.98 Å². The van der Waals surface area contributed by atoms with Gasteiger partial charge >= 0.3 is 0 Å². The van der Waals surface area contributed by atoms with Gasteiger partial charge in [-0.25, -0.2) is 4.99 Å². The lowest BCUT2D eigenvalue weighted by Crippen LogP contribution is -2.24. The minimum Gasteiger partial charge on any atom is -0.370 e. The number of aliphatic imine (C=N–C) groups is 1. The van der Waals surface area contributed by atoms with Crippen LogP contribution in [0.5, 0.6) is 0 Å². The van der Waals surface area contributed by atoms with Crippen LogP contribution in [-0.4, -0.2) is 10.9 Å². The van der Waals surface area contributed by atoms with Crippen LogP contribution in [0, 0.1) is 0 Å². The minimum atomic E-state index is -0.0820. The molecule has 2 rings (SSSR count). The van der Waals surface area contributed by atoms with Crippen LogP contribution < -0.4 is 11.5 Å². The minimum absolute atomic E-state index is 0.0820. The van der Waals surface area contributed by atoms with E-state index >= 15 is 0 Å². The fraction of sp³-hybridized carbons (Fsp3) is 0.333. The normalized spacial score (nSPS) is 12.7. The number of nitrogens with two attached hydrogens (primary N) is 2. The first kappa shape index (κ1) is 16.0. The van der Waals surface area contributed by atoms with E-state index in [2.05, 4.69) is 55.0 Å². The van der Waals surface area contributed by atoms with Crippen molar-refractivity contribution in [2.24, 2.45) is 16.5 Å². The Balaban J connectivity index is 2.28. The molecule has 116 valence electrons. The third kappa shape index (κ3) is 4.32. The lowest BCUT2D eigenvalue weighted by Gasteiger charge is -2.20. The Bertz CT molecular complexity index is 620. The lowest BCUT2D eigenvalue weighted by atomic mass is 9.86. The van der Waals surface area contributed by atoms with Crippen molar-refractivity contribution in [1.82, 2.24) is 4.98 Å². The van der Waals surface area contributed by atoms with Crippen molar-refractivity contribution in [3.63, 3.8) is 0 Å². The van der Waals surface area contributed by atoms with Gasteiger partial charge in [-0.2, -0.15) is 0 Å². The molecule has 0 bridgehead atoms. The number of aromatic nitrogens is 1. The molecule has 1 atom stereocenters. The van der Waals surface area contributed by atoms with Crippen LogP contribution in [0.4, 0.5) is 0 Å². The average Bonchev–Trinajstić information content (AvgIpc) is 2.46. The van der Waals surface area contributed by atoms with Crippen molar-refractivity contribution in [3.05, 3.63) is 65.5 Å². The van der Waals surface area contributed by atoms with Crippen molar-refractivity contribution in [2.75, 3.05) is 0 Å². The second-order valence-corrected chi connectivity index (χ2v) is 6.50. The number of benzene rings is 1. The predicted octanol–water partition coefficient (Wildman–Crippen LogP) is 2.94. The molecule has 0 saturated heterocycles. The fourth-order valence-electron chi connectivity index (χ4n) is 2.37. The van der Waals surface area contributed by atoms with E-state index in [1.54, 1.807) is 12.4 Å². The molecule has 0 amide bonds. The first-order valence-electron chi connectivity index (χ1n) is 7.44. The predicted molar refractivity (Wildman–Crippen MR) is 91.6 cm³/mol. The zero-order valence-corrected chi connectivity index (χ0v) is 13.5. The van der Waals surface area contributed by atoms with E-state index in [1.165, 1.54) is 5.56 Å². The van der Waals surface area contributed by atoms with Crippen molar-refractivity contribution in [1.29, 1.82) is 0 Å². The van der Waals surface area contributed by atoms with Crippen LogP contribution >= 0.6 is 0 Å². The van der Waals surface area contributed by atoms with Crippen LogP contribution in [0.15, 0.2) is 53.8 Å². The van der Waals surface area contributed by atoms with Crippen molar-refractivity contribution >= 4 is 5.96 Å². The van der Waals surface area contributed by atoms with Crippen molar-refractivity contribution in [2.45, 2.75) is 38.6 Å². The molecular weight excluding hydrogens is 272 g/mol. The average molecular weight is 296 g/mol. The Morgan fingerprint density at radius 3 is 2.14 bits per heavy atom. The highest BCUT2D eigenvalue weighted by Crippen LogP contribution is 2.27. The maximum atomic E-state index is 5.60. The second kappa shape index (κ2) is 6.60. The van der Waals surface area contributed by atoms with Crippen molar-refractivity contribution in [3.8, 4) is 0 Å². The second-order valence-electron chi connectivity index (χ2n) is 6.50. The standard InChI is InChI=1S/C18H24N4/c1-18(2,3)15-6-4-14(5-7-15)16(22-17(19)20)12-13-8-10-21-11-9-13/h4-11,16H,12H2,1-3H3,(H4,19,20,22). The first-order valence-corrected chi connectivity index (χ1v) is 7.44. The first-order chi connectivity index (χ1) is 10.4. The molecule has 1 aromatic carbocycles. The largest absolute Gasteiger partial charge is 0.370 e. The smallest absolute Gasteiger partial charge is 0.186 e. The van der Waals surface area contributed by atoms with E-state index in [0.29, 0.717) is 0 Å². The van der Waals surface area contributed by atoms with E-state index in [0.717, 1.165) is 17.5 Å². The summed E-state index contributed by atoms with van der Waals surface area (Å²) < 4.78 is 0. The summed E-state index contributed by atoms with van der Waals surface area (Å²) in [4.78, 5) is 8.43. The molecule has 4 N–H and O–H groups in total. The fourth-order valence-corrected chi connectivity index (χ4v) is 2.37.